The summed E-state index contributed by atoms with van der Waals surface area (Å²) in [5.41, 5.74) is -1.00. The van der Waals surface area contributed by atoms with Crippen LogP contribution >= 0.6 is 0 Å². The van der Waals surface area contributed by atoms with E-state index in [0.717, 1.165) is 0 Å². The molecule has 1 N–H and O–H groups in total. The molecule has 64 valence electrons. The van der Waals surface area contributed by atoms with Crippen molar-refractivity contribution in [3.8, 4) is 0 Å². The van der Waals surface area contributed by atoms with Crippen LogP contribution in [0.25, 0.3) is 0 Å². The predicted octanol–water partition coefficient (Wildman–Crippen LogP) is 1.97. The van der Waals surface area contributed by atoms with Gasteiger partial charge in [0.05, 0.1) is 0 Å². The average Bonchev–Trinajstić information content (AvgIpc) is 1.80. The van der Waals surface area contributed by atoms with Gasteiger partial charge >= 0.3 is 12.1 Å². The highest BCUT2D eigenvalue weighted by atomic mass is 19.4. The van der Waals surface area contributed by atoms with Crippen molar-refractivity contribution in [2.24, 2.45) is 0 Å². The Morgan fingerprint density at radius 2 is 1.82 bits per heavy atom. The Morgan fingerprint density at radius 3 is 2.09 bits per heavy atom. The maximum atomic E-state index is 11.6. The largest absolute Gasteiger partial charge is 0.481 e. The lowest BCUT2D eigenvalue weighted by Gasteiger charge is -2.07. The Bertz CT molecular complexity index is 171. The molecule has 0 amide bonds. The molecule has 0 rings (SSSR count). The van der Waals surface area contributed by atoms with Crippen molar-refractivity contribution >= 4 is 5.97 Å². The Balaban J connectivity index is 3.80. The Kier molecular flexibility index (Phi) is 3.10. The first-order valence-corrected chi connectivity index (χ1v) is 2.81. The van der Waals surface area contributed by atoms with E-state index in [2.05, 4.69) is 6.58 Å². The first-order chi connectivity index (χ1) is 4.84. The Labute approximate surface area is 61.3 Å². The van der Waals surface area contributed by atoms with Crippen LogP contribution in [0.2, 0.25) is 0 Å². The number of carboxylic acids is 1. The number of aliphatic carboxylic acids is 1. The first-order valence-electron chi connectivity index (χ1n) is 2.81. The third kappa shape index (κ3) is 4.41. The molecule has 0 saturated carbocycles. The molecule has 0 heterocycles. The van der Waals surface area contributed by atoms with Crippen LogP contribution in [0.5, 0.6) is 0 Å². The molecule has 0 aliphatic rings. The van der Waals surface area contributed by atoms with Crippen molar-refractivity contribution in [1.82, 2.24) is 0 Å². The van der Waals surface area contributed by atoms with Gasteiger partial charge in [0.25, 0.3) is 0 Å². The van der Waals surface area contributed by atoms with E-state index in [9.17, 15) is 18.0 Å². The molecule has 0 fully saturated rings. The normalized spacial score (nSPS) is 11.2. The van der Waals surface area contributed by atoms with Crippen LogP contribution in [0.4, 0.5) is 13.2 Å². The maximum absolute atomic E-state index is 11.6. The second-order valence-corrected chi connectivity index (χ2v) is 2.00. The van der Waals surface area contributed by atoms with E-state index in [4.69, 9.17) is 5.11 Å². The summed E-state index contributed by atoms with van der Waals surface area (Å²) in [6, 6.07) is 0. The van der Waals surface area contributed by atoms with Crippen LogP contribution in [0.15, 0.2) is 12.2 Å². The topological polar surface area (TPSA) is 37.3 Å². The fraction of sp³-hybridized carbons (Fsp3) is 0.500. The third-order valence-electron chi connectivity index (χ3n) is 1.04. The molecule has 0 atom stereocenters. The lowest BCUT2D eigenvalue weighted by Crippen LogP contribution is -2.11. The van der Waals surface area contributed by atoms with Gasteiger partial charge in [-0.3, -0.25) is 4.79 Å². The molecule has 0 aromatic rings. The number of hydrogen-bond donors (Lipinski definition) is 1. The summed E-state index contributed by atoms with van der Waals surface area (Å²) in [4.78, 5) is 9.82. The van der Waals surface area contributed by atoms with Gasteiger partial charge in [-0.05, 0) is 6.42 Å². The number of halogens is 3. The van der Waals surface area contributed by atoms with E-state index in [1.54, 1.807) is 0 Å². The average molecular weight is 168 g/mol. The highest BCUT2D eigenvalue weighted by Crippen LogP contribution is 2.27. The quantitative estimate of drug-likeness (QED) is 0.654. The highest BCUT2D eigenvalue weighted by molar-refractivity contribution is 5.67. The van der Waals surface area contributed by atoms with Crippen molar-refractivity contribution < 1.29 is 23.1 Å². The number of rotatable bonds is 3. The molecule has 5 heteroatoms. The zero-order valence-electron chi connectivity index (χ0n) is 5.61. The lowest BCUT2D eigenvalue weighted by atomic mass is 10.1. The van der Waals surface area contributed by atoms with E-state index in [-0.39, 0.29) is 0 Å². The van der Waals surface area contributed by atoms with E-state index in [1.165, 1.54) is 0 Å². The summed E-state index contributed by atoms with van der Waals surface area (Å²) in [5.74, 6) is -1.25. The van der Waals surface area contributed by atoms with E-state index < -0.39 is 30.6 Å². The van der Waals surface area contributed by atoms with Crippen molar-refractivity contribution in [1.29, 1.82) is 0 Å². The monoisotopic (exact) mass is 168 g/mol. The van der Waals surface area contributed by atoms with Gasteiger partial charge in [-0.15, -0.1) is 0 Å². The van der Waals surface area contributed by atoms with Crippen LogP contribution < -0.4 is 0 Å². The molecule has 11 heavy (non-hydrogen) atoms. The Hall–Kier alpha value is -1.00. The van der Waals surface area contributed by atoms with Gasteiger partial charge in [0, 0.05) is 12.0 Å². The zero-order valence-corrected chi connectivity index (χ0v) is 5.61. The van der Waals surface area contributed by atoms with E-state index >= 15 is 0 Å². The minimum Gasteiger partial charge on any atom is -0.481 e. The molecule has 0 aliphatic heterocycles. The van der Waals surface area contributed by atoms with Crippen LogP contribution in [0.3, 0.4) is 0 Å². The molecule has 0 spiro atoms. The zero-order chi connectivity index (χ0) is 9.07. The van der Waals surface area contributed by atoms with E-state index in [1.807, 2.05) is 0 Å². The van der Waals surface area contributed by atoms with Gasteiger partial charge in [-0.1, -0.05) is 6.58 Å². The lowest BCUT2D eigenvalue weighted by molar-refractivity contribution is -0.137. The molecule has 0 saturated heterocycles. The van der Waals surface area contributed by atoms with Crippen LogP contribution in [0.1, 0.15) is 12.8 Å². The van der Waals surface area contributed by atoms with Crippen molar-refractivity contribution in [2.75, 3.05) is 0 Å². The summed E-state index contributed by atoms with van der Waals surface area (Å²) in [5, 5.41) is 8.02. The number of allylic oxidation sites excluding steroid dienone is 1. The summed E-state index contributed by atoms with van der Waals surface area (Å²) in [6.07, 6.45) is -5.54. The van der Waals surface area contributed by atoms with Gasteiger partial charge < -0.3 is 5.11 Å². The third-order valence-corrected chi connectivity index (χ3v) is 1.04. The summed E-state index contributed by atoms with van der Waals surface area (Å²) in [7, 11) is 0. The number of carboxylic acid groups (broad SMARTS) is 1. The predicted molar refractivity (Wildman–Crippen MR) is 32.1 cm³/mol. The van der Waals surface area contributed by atoms with E-state index in [0.29, 0.717) is 0 Å². The SMILES string of the molecule is C=C(CCC(=O)O)C(F)(F)F. The number of hydrogen-bond acceptors (Lipinski definition) is 1. The number of alkyl halides is 3. The molecular formula is C6H7F3O2. The molecule has 0 aliphatic carbocycles. The molecule has 2 nitrogen and oxygen atoms in total. The Morgan fingerprint density at radius 1 is 1.36 bits per heavy atom. The van der Waals surface area contributed by atoms with Crippen molar-refractivity contribution in [3.63, 3.8) is 0 Å². The van der Waals surface area contributed by atoms with Gasteiger partial charge in [0.1, 0.15) is 0 Å². The molecule has 0 unspecified atom stereocenters. The number of carbonyl (C=O) groups is 1. The van der Waals surface area contributed by atoms with Crippen LogP contribution in [0, 0.1) is 0 Å². The first kappa shape index (κ1) is 10.0. The minimum atomic E-state index is -4.46. The summed E-state index contributed by atoms with van der Waals surface area (Å²) >= 11 is 0. The minimum absolute atomic E-state index is 0.529. The summed E-state index contributed by atoms with van der Waals surface area (Å²) < 4.78 is 34.8. The fourth-order valence-corrected chi connectivity index (χ4v) is 0.400. The van der Waals surface area contributed by atoms with Crippen molar-refractivity contribution in [2.45, 2.75) is 19.0 Å². The van der Waals surface area contributed by atoms with Gasteiger partial charge in [0.2, 0.25) is 0 Å². The van der Waals surface area contributed by atoms with Crippen LogP contribution in [-0.2, 0) is 4.79 Å². The highest BCUT2D eigenvalue weighted by Gasteiger charge is 2.31. The van der Waals surface area contributed by atoms with Gasteiger partial charge in [-0.25, -0.2) is 0 Å². The van der Waals surface area contributed by atoms with Crippen molar-refractivity contribution in [3.05, 3.63) is 12.2 Å². The van der Waals surface area contributed by atoms with Crippen LogP contribution in [-0.4, -0.2) is 17.3 Å². The molecule has 0 aromatic carbocycles. The standard InChI is InChI=1S/C6H7F3O2/c1-4(6(7,8)9)2-3-5(10)11/h1-3H2,(H,10,11). The second-order valence-electron chi connectivity index (χ2n) is 2.00. The smallest absolute Gasteiger partial charge is 0.412 e. The fourth-order valence-electron chi connectivity index (χ4n) is 0.400. The second kappa shape index (κ2) is 3.41. The molecule has 0 aromatic heterocycles. The molecular weight excluding hydrogens is 161 g/mol. The van der Waals surface area contributed by atoms with Gasteiger partial charge in [0.15, 0.2) is 0 Å². The summed E-state index contributed by atoms with van der Waals surface area (Å²) in [6.45, 7) is 2.71. The van der Waals surface area contributed by atoms with Gasteiger partial charge in [-0.2, -0.15) is 13.2 Å². The molecule has 0 radical (unpaired) electrons. The maximum Gasteiger partial charge on any atom is 0.412 e. The molecule has 0 bridgehead atoms.